The van der Waals surface area contributed by atoms with Gasteiger partial charge in [-0.2, -0.15) is 0 Å². The monoisotopic (exact) mass is 263 g/mol. The summed E-state index contributed by atoms with van der Waals surface area (Å²) in [5.41, 5.74) is 1.08. The maximum atomic E-state index is 10.5. The summed E-state index contributed by atoms with van der Waals surface area (Å²) < 4.78 is 0. The van der Waals surface area contributed by atoms with Gasteiger partial charge in [-0.15, -0.1) is 11.3 Å². The fourth-order valence-corrected chi connectivity index (χ4v) is 2.52. The minimum Gasteiger partial charge on any atom is -0.508 e. The molecule has 0 bridgehead atoms. The second-order valence-corrected chi connectivity index (χ2v) is 5.16. The Bertz CT molecular complexity index is 533. The van der Waals surface area contributed by atoms with Crippen molar-refractivity contribution in [2.45, 2.75) is 19.3 Å². The van der Waals surface area contributed by atoms with Gasteiger partial charge in [0.1, 0.15) is 5.75 Å². The molecule has 0 unspecified atom stereocenters. The van der Waals surface area contributed by atoms with Gasteiger partial charge in [-0.3, -0.25) is 4.79 Å². The number of rotatable bonds is 5. The van der Waals surface area contributed by atoms with Crippen LogP contribution in [0.25, 0.3) is 0 Å². The molecule has 4 nitrogen and oxygen atoms in total. The van der Waals surface area contributed by atoms with Gasteiger partial charge in [0.25, 0.3) is 0 Å². The van der Waals surface area contributed by atoms with Gasteiger partial charge in [-0.1, -0.05) is 12.1 Å². The molecule has 1 aromatic carbocycles. The topological polar surface area (TPSA) is 70.4 Å². The number of carboxylic acid groups (broad SMARTS) is 1. The third kappa shape index (κ3) is 3.56. The molecule has 0 fully saturated rings. The third-order valence-corrected chi connectivity index (χ3v) is 3.54. The highest BCUT2D eigenvalue weighted by Crippen LogP contribution is 2.19. The first-order valence-corrected chi connectivity index (χ1v) is 6.38. The molecule has 2 N–H and O–H groups in total. The predicted molar refractivity (Wildman–Crippen MR) is 69.0 cm³/mol. The Morgan fingerprint density at radius 3 is 2.67 bits per heavy atom. The minimum absolute atomic E-state index is 0.140. The molecular formula is C13H13NO3S. The zero-order valence-corrected chi connectivity index (χ0v) is 10.5. The van der Waals surface area contributed by atoms with E-state index in [1.807, 2.05) is 12.1 Å². The molecule has 0 amide bonds. The van der Waals surface area contributed by atoms with Crippen molar-refractivity contribution >= 4 is 17.3 Å². The lowest BCUT2D eigenvalue weighted by Crippen LogP contribution is -1.95. The Balaban J connectivity index is 1.97. The van der Waals surface area contributed by atoms with Gasteiger partial charge in [0.15, 0.2) is 0 Å². The largest absolute Gasteiger partial charge is 0.508 e. The van der Waals surface area contributed by atoms with Crippen molar-refractivity contribution in [2.24, 2.45) is 0 Å². The maximum Gasteiger partial charge on any atom is 0.303 e. The van der Waals surface area contributed by atoms with Crippen LogP contribution in [0.15, 0.2) is 30.5 Å². The fourth-order valence-electron chi connectivity index (χ4n) is 1.56. The van der Waals surface area contributed by atoms with Gasteiger partial charge in [-0.05, 0) is 24.1 Å². The molecule has 94 valence electrons. The lowest BCUT2D eigenvalue weighted by Gasteiger charge is -1.97. The van der Waals surface area contributed by atoms with Crippen molar-refractivity contribution in [3.63, 3.8) is 0 Å². The van der Waals surface area contributed by atoms with Crippen molar-refractivity contribution in [3.05, 3.63) is 45.9 Å². The zero-order chi connectivity index (χ0) is 13.0. The van der Waals surface area contributed by atoms with Crippen LogP contribution < -0.4 is 0 Å². The Morgan fingerprint density at radius 2 is 2.00 bits per heavy atom. The smallest absolute Gasteiger partial charge is 0.303 e. The molecule has 0 saturated carbocycles. The number of carboxylic acids is 1. The number of aromatic nitrogens is 1. The van der Waals surface area contributed by atoms with E-state index in [0.29, 0.717) is 12.8 Å². The zero-order valence-electron chi connectivity index (χ0n) is 9.67. The summed E-state index contributed by atoms with van der Waals surface area (Å²) in [6.07, 6.45) is 3.12. The summed E-state index contributed by atoms with van der Waals surface area (Å²) in [4.78, 5) is 15.7. The van der Waals surface area contributed by atoms with Crippen LogP contribution in [-0.4, -0.2) is 21.2 Å². The van der Waals surface area contributed by atoms with Crippen LogP contribution in [0.5, 0.6) is 5.75 Å². The summed E-state index contributed by atoms with van der Waals surface area (Å²) in [6.45, 7) is 0. The van der Waals surface area contributed by atoms with Crippen LogP contribution in [0, 0.1) is 0 Å². The fraction of sp³-hybridized carbons (Fsp3) is 0.231. The average molecular weight is 263 g/mol. The Morgan fingerprint density at radius 1 is 1.28 bits per heavy atom. The number of carbonyl (C=O) groups is 1. The van der Waals surface area contributed by atoms with Gasteiger partial charge in [0.2, 0.25) is 0 Å². The lowest BCUT2D eigenvalue weighted by molar-refractivity contribution is -0.136. The van der Waals surface area contributed by atoms with Gasteiger partial charge >= 0.3 is 5.97 Å². The van der Waals surface area contributed by atoms with Crippen LogP contribution in [0.3, 0.4) is 0 Å². The van der Waals surface area contributed by atoms with E-state index in [-0.39, 0.29) is 12.2 Å². The molecule has 0 radical (unpaired) electrons. The first-order valence-electron chi connectivity index (χ1n) is 5.57. The highest BCUT2D eigenvalue weighted by molar-refractivity contribution is 7.11. The van der Waals surface area contributed by atoms with E-state index in [1.165, 1.54) is 11.3 Å². The van der Waals surface area contributed by atoms with E-state index in [1.54, 1.807) is 18.3 Å². The number of benzene rings is 1. The number of hydrogen-bond acceptors (Lipinski definition) is 4. The predicted octanol–water partition coefficient (Wildman–Crippen LogP) is 2.46. The van der Waals surface area contributed by atoms with Gasteiger partial charge < -0.3 is 10.2 Å². The SMILES string of the molecule is O=C(O)CCc1cnc(Cc2ccc(O)cc2)s1. The summed E-state index contributed by atoms with van der Waals surface area (Å²) in [5, 5.41) is 18.7. The van der Waals surface area contributed by atoms with Gasteiger partial charge in [-0.25, -0.2) is 4.98 Å². The summed E-state index contributed by atoms with van der Waals surface area (Å²) in [7, 11) is 0. The van der Waals surface area contributed by atoms with Crippen molar-refractivity contribution in [3.8, 4) is 5.75 Å². The molecule has 1 aromatic heterocycles. The number of phenolic OH excluding ortho intramolecular Hbond substituents is 1. The number of thiazole rings is 1. The molecule has 2 rings (SSSR count). The van der Waals surface area contributed by atoms with Crippen LogP contribution in [0.4, 0.5) is 0 Å². The van der Waals surface area contributed by atoms with E-state index < -0.39 is 5.97 Å². The molecule has 0 aliphatic carbocycles. The highest BCUT2D eigenvalue weighted by atomic mass is 32.1. The van der Waals surface area contributed by atoms with Crippen molar-refractivity contribution < 1.29 is 15.0 Å². The number of aromatic hydroxyl groups is 1. The standard InChI is InChI=1S/C13H13NO3S/c15-10-3-1-9(2-4-10)7-12-14-8-11(18-12)5-6-13(16)17/h1-4,8,15H,5-7H2,(H,16,17). The number of phenols is 1. The second kappa shape index (κ2) is 5.64. The first kappa shape index (κ1) is 12.6. The highest BCUT2D eigenvalue weighted by Gasteiger charge is 2.05. The molecule has 0 spiro atoms. The molecule has 1 heterocycles. The number of hydrogen-bond donors (Lipinski definition) is 2. The third-order valence-electron chi connectivity index (χ3n) is 2.48. The molecule has 18 heavy (non-hydrogen) atoms. The van der Waals surface area contributed by atoms with Crippen LogP contribution in [0.2, 0.25) is 0 Å². The minimum atomic E-state index is -0.788. The molecule has 0 aliphatic rings. The summed E-state index contributed by atoms with van der Waals surface area (Å²) in [6, 6.07) is 7.00. The van der Waals surface area contributed by atoms with Crippen LogP contribution in [-0.2, 0) is 17.6 Å². The number of aryl methyl sites for hydroxylation is 1. The van der Waals surface area contributed by atoms with E-state index in [0.717, 1.165) is 15.4 Å². The second-order valence-electron chi connectivity index (χ2n) is 3.96. The Hall–Kier alpha value is -1.88. The molecule has 0 saturated heterocycles. The summed E-state index contributed by atoms with van der Waals surface area (Å²) >= 11 is 1.54. The number of aliphatic carboxylic acids is 1. The Labute approximate surface area is 109 Å². The molecule has 0 atom stereocenters. The van der Waals surface area contributed by atoms with Gasteiger partial charge in [0, 0.05) is 17.5 Å². The van der Waals surface area contributed by atoms with Gasteiger partial charge in [0.05, 0.1) is 11.4 Å². The van der Waals surface area contributed by atoms with E-state index in [2.05, 4.69) is 4.98 Å². The Kier molecular flexibility index (Phi) is 3.94. The summed E-state index contributed by atoms with van der Waals surface area (Å²) in [5.74, 6) is -0.538. The molecular weight excluding hydrogens is 250 g/mol. The first-order chi connectivity index (χ1) is 8.63. The van der Waals surface area contributed by atoms with E-state index in [9.17, 15) is 9.90 Å². The van der Waals surface area contributed by atoms with E-state index >= 15 is 0 Å². The van der Waals surface area contributed by atoms with Crippen molar-refractivity contribution in [1.29, 1.82) is 0 Å². The maximum absolute atomic E-state index is 10.5. The lowest BCUT2D eigenvalue weighted by atomic mass is 10.1. The number of nitrogens with zero attached hydrogens (tertiary/aromatic N) is 1. The molecule has 0 aliphatic heterocycles. The van der Waals surface area contributed by atoms with Crippen LogP contribution >= 0.6 is 11.3 Å². The van der Waals surface area contributed by atoms with Crippen molar-refractivity contribution in [1.82, 2.24) is 4.98 Å². The normalized spacial score (nSPS) is 10.4. The molecule has 2 aromatic rings. The van der Waals surface area contributed by atoms with E-state index in [4.69, 9.17) is 5.11 Å². The average Bonchev–Trinajstić information content (AvgIpc) is 2.77. The molecule has 5 heteroatoms. The van der Waals surface area contributed by atoms with Crippen molar-refractivity contribution in [2.75, 3.05) is 0 Å². The quantitative estimate of drug-likeness (QED) is 0.869. The van der Waals surface area contributed by atoms with Crippen LogP contribution in [0.1, 0.15) is 21.9 Å².